The number of carbonyl (C=O) groups excluding carboxylic acids is 1. The van der Waals surface area contributed by atoms with Gasteiger partial charge in [-0.15, -0.1) is 0 Å². The molecule has 0 aromatic rings. The van der Waals surface area contributed by atoms with Gasteiger partial charge in [-0.05, 0) is 0 Å². The Balaban J connectivity index is 3.74. The van der Waals surface area contributed by atoms with Crippen LogP contribution in [-0.2, 0) is 4.79 Å². The molecule has 1 amide bonds. The molecule has 0 aliphatic carbocycles. The first kappa shape index (κ1) is 12.7. The van der Waals surface area contributed by atoms with E-state index in [2.05, 4.69) is 15.9 Å². The second kappa shape index (κ2) is 5.47. The molecule has 0 saturated carbocycles. The molecule has 0 aromatic carbocycles. The van der Waals surface area contributed by atoms with Crippen molar-refractivity contribution in [2.75, 3.05) is 18.9 Å². The van der Waals surface area contributed by atoms with E-state index in [9.17, 15) is 18.0 Å². The zero-order valence-electron chi connectivity index (χ0n) is 7.20. The van der Waals surface area contributed by atoms with E-state index >= 15 is 0 Å². The van der Waals surface area contributed by atoms with Crippen LogP contribution in [0.3, 0.4) is 0 Å². The minimum absolute atomic E-state index is 0.427. The van der Waals surface area contributed by atoms with E-state index in [1.54, 1.807) is 0 Å². The molecule has 13 heavy (non-hydrogen) atoms. The van der Waals surface area contributed by atoms with E-state index in [0.717, 1.165) is 0 Å². The lowest BCUT2D eigenvalue weighted by molar-refractivity contribution is -0.148. The predicted molar refractivity (Wildman–Crippen MR) is 46.7 cm³/mol. The maximum absolute atomic E-state index is 11.7. The number of nitrogens with zero attached hydrogens (tertiary/aromatic N) is 1. The van der Waals surface area contributed by atoms with Gasteiger partial charge in [-0.3, -0.25) is 4.79 Å². The molecule has 0 atom stereocenters. The molecular formula is C7H11BrF3NO. The Morgan fingerprint density at radius 1 is 1.46 bits per heavy atom. The quantitative estimate of drug-likeness (QED) is 0.711. The maximum atomic E-state index is 11.7. The fourth-order valence-corrected chi connectivity index (χ4v) is 1.22. The molecule has 0 radical (unpaired) electrons. The first-order chi connectivity index (χ1) is 5.87. The Morgan fingerprint density at radius 3 is 2.38 bits per heavy atom. The highest BCUT2D eigenvalue weighted by Crippen LogP contribution is 2.21. The van der Waals surface area contributed by atoms with Crippen LogP contribution in [0.2, 0.25) is 0 Å². The van der Waals surface area contributed by atoms with Gasteiger partial charge in [0, 0.05) is 25.3 Å². The highest BCUT2D eigenvalue weighted by Gasteiger charge is 2.28. The maximum Gasteiger partial charge on any atom is 0.389 e. The van der Waals surface area contributed by atoms with E-state index in [4.69, 9.17) is 0 Å². The molecule has 0 bridgehead atoms. The van der Waals surface area contributed by atoms with Crippen LogP contribution in [0.5, 0.6) is 0 Å². The summed E-state index contributed by atoms with van der Waals surface area (Å²) in [5, 5.41) is 0.571. The number of hydrogen-bond acceptors (Lipinski definition) is 1. The number of alkyl halides is 4. The molecule has 0 unspecified atom stereocenters. The van der Waals surface area contributed by atoms with E-state index < -0.39 is 24.9 Å². The molecule has 0 N–H and O–H groups in total. The van der Waals surface area contributed by atoms with Gasteiger partial charge in [0.05, 0.1) is 6.42 Å². The molecule has 0 fully saturated rings. The smallest absolute Gasteiger partial charge is 0.345 e. The average molecular weight is 262 g/mol. The normalized spacial score (nSPS) is 11.5. The Hall–Kier alpha value is -0.260. The van der Waals surface area contributed by atoms with Gasteiger partial charge in [-0.25, -0.2) is 0 Å². The number of rotatable bonds is 4. The molecule has 78 valence electrons. The first-order valence-electron chi connectivity index (χ1n) is 3.73. The van der Waals surface area contributed by atoms with Gasteiger partial charge in [0.15, 0.2) is 0 Å². The van der Waals surface area contributed by atoms with Gasteiger partial charge in [-0.1, -0.05) is 15.9 Å². The van der Waals surface area contributed by atoms with Crippen molar-refractivity contribution in [3.8, 4) is 0 Å². The molecule has 0 heterocycles. The van der Waals surface area contributed by atoms with Crippen LogP contribution in [0, 0.1) is 0 Å². The van der Waals surface area contributed by atoms with Gasteiger partial charge in [0.25, 0.3) is 0 Å². The summed E-state index contributed by atoms with van der Waals surface area (Å²) in [7, 11) is 1.49. The summed E-state index contributed by atoms with van der Waals surface area (Å²) in [6.45, 7) is 0.427. The number of hydrogen-bond donors (Lipinski definition) is 0. The summed E-state index contributed by atoms with van der Waals surface area (Å²) in [5.41, 5.74) is 0. The first-order valence-corrected chi connectivity index (χ1v) is 4.85. The van der Waals surface area contributed by atoms with Crippen LogP contribution in [0.4, 0.5) is 13.2 Å². The SMILES string of the molecule is CN(CCBr)C(=O)CCC(F)(F)F. The molecule has 0 aliphatic heterocycles. The highest BCUT2D eigenvalue weighted by molar-refractivity contribution is 9.09. The summed E-state index contributed by atoms with van der Waals surface area (Å²) in [6, 6.07) is 0. The van der Waals surface area contributed by atoms with Crippen molar-refractivity contribution in [1.29, 1.82) is 0 Å². The van der Waals surface area contributed by atoms with E-state index in [-0.39, 0.29) is 0 Å². The van der Waals surface area contributed by atoms with Crippen molar-refractivity contribution < 1.29 is 18.0 Å². The molecule has 0 saturated heterocycles. The molecule has 0 spiro atoms. The number of halogens is 4. The van der Waals surface area contributed by atoms with Gasteiger partial charge < -0.3 is 4.90 Å². The molecule has 0 aliphatic rings. The van der Waals surface area contributed by atoms with Crippen LogP contribution in [0.25, 0.3) is 0 Å². The fraction of sp³-hybridized carbons (Fsp3) is 0.857. The fourth-order valence-electron chi connectivity index (χ4n) is 0.691. The molecule has 0 rings (SSSR count). The minimum Gasteiger partial charge on any atom is -0.345 e. The third kappa shape index (κ3) is 6.86. The second-order valence-corrected chi connectivity index (χ2v) is 3.41. The summed E-state index contributed by atoms with van der Waals surface area (Å²) >= 11 is 3.09. The van der Waals surface area contributed by atoms with E-state index in [1.807, 2.05) is 0 Å². The predicted octanol–water partition coefficient (Wildman–Crippen LogP) is 2.18. The summed E-state index contributed by atoms with van der Waals surface area (Å²) in [5.74, 6) is -0.475. The van der Waals surface area contributed by atoms with Crippen molar-refractivity contribution in [3.63, 3.8) is 0 Å². The Morgan fingerprint density at radius 2 is 2.00 bits per heavy atom. The van der Waals surface area contributed by atoms with Crippen molar-refractivity contribution >= 4 is 21.8 Å². The Labute approximate surface area is 83.2 Å². The van der Waals surface area contributed by atoms with Crippen molar-refractivity contribution in [2.24, 2.45) is 0 Å². The summed E-state index contributed by atoms with van der Waals surface area (Å²) in [6.07, 6.45) is -5.75. The largest absolute Gasteiger partial charge is 0.389 e. The van der Waals surface area contributed by atoms with Gasteiger partial charge in [0.2, 0.25) is 5.91 Å². The Kier molecular flexibility index (Phi) is 5.36. The van der Waals surface area contributed by atoms with Crippen LogP contribution < -0.4 is 0 Å². The lowest BCUT2D eigenvalue weighted by Crippen LogP contribution is -2.29. The minimum atomic E-state index is -4.25. The summed E-state index contributed by atoms with van der Waals surface area (Å²) < 4.78 is 35.1. The van der Waals surface area contributed by atoms with Gasteiger partial charge >= 0.3 is 6.18 Å². The standard InChI is InChI=1S/C7H11BrF3NO/c1-12(5-4-8)6(13)2-3-7(9,10)11/h2-5H2,1H3. The van der Waals surface area contributed by atoms with Crippen LogP contribution in [0.1, 0.15) is 12.8 Å². The van der Waals surface area contributed by atoms with Crippen molar-refractivity contribution in [3.05, 3.63) is 0 Å². The Bertz CT molecular complexity index is 172. The van der Waals surface area contributed by atoms with E-state index in [0.29, 0.717) is 11.9 Å². The molecular weight excluding hydrogens is 251 g/mol. The average Bonchev–Trinajstić information content (AvgIpc) is 1.99. The van der Waals surface area contributed by atoms with Crippen LogP contribution >= 0.6 is 15.9 Å². The van der Waals surface area contributed by atoms with Gasteiger partial charge in [0.1, 0.15) is 0 Å². The van der Waals surface area contributed by atoms with Gasteiger partial charge in [-0.2, -0.15) is 13.2 Å². The molecule has 0 aromatic heterocycles. The van der Waals surface area contributed by atoms with Crippen LogP contribution in [0.15, 0.2) is 0 Å². The lowest BCUT2D eigenvalue weighted by Gasteiger charge is -2.15. The molecule has 6 heteroatoms. The summed E-state index contributed by atoms with van der Waals surface area (Å²) in [4.78, 5) is 12.3. The topological polar surface area (TPSA) is 20.3 Å². The zero-order chi connectivity index (χ0) is 10.5. The number of carbonyl (C=O) groups is 1. The highest BCUT2D eigenvalue weighted by atomic mass is 79.9. The third-order valence-corrected chi connectivity index (χ3v) is 1.82. The number of amides is 1. The lowest BCUT2D eigenvalue weighted by atomic mass is 10.3. The van der Waals surface area contributed by atoms with E-state index in [1.165, 1.54) is 11.9 Å². The van der Waals surface area contributed by atoms with Crippen molar-refractivity contribution in [1.82, 2.24) is 4.90 Å². The van der Waals surface area contributed by atoms with Crippen LogP contribution in [-0.4, -0.2) is 35.9 Å². The zero-order valence-corrected chi connectivity index (χ0v) is 8.78. The monoisotopic (exact) mass is 261 g/mol. The van der Waals surface area contributed by atoms with Crippen molar-refractivity contribution in [2.45, 2.75) is 19.0 Å². The second-order valence-electron chi connectivity index (χ2n) is 2.62. The third-order valence-electron chi connectivity index (χ3n) is 1.47. The molecule has 2 nitrogen and oxygen atoms in total.